The van der Waals surface area contributed by atoms with Crippen LogP contribution >= 0.6 is 0 Å². The molecule has 0 spiro atoms. The molecule has 0 radical (unpaired) electrons. The number of sulfonamides is 1. The summed E-state index contributed by atoms with van der Waals surface area (Å²) in [5.74, 6) is -1.27. The van der Waals surface area contributed by atoms with Crippen LogP contribution in [0.4, 0.5) is 0 Å². The zero-order valence-corrected chi connectivity index (χ0v) is 18.6. The molecular weight excluding hydrogens is 402 g/mol. The van der Waals surface area contributed by atoms with Gasteiger partial charge in [0.1, 0.15) is 0 Å². The van der Waals surface area contributed by atoms with Crippen molar-refractivity contribution in [1.29, 1.82) is 0 Å². The Hall–Kier alpha value is -2.19. The van der Waals surface area contributed by atoms with Crippen LogP contribution in [0.3, 0.4) is 0 Å². The van der Waals surface area contributed by atoms with Crippen LogP contribution in [0.2, 0.25) is 0 Å². The van der Waals surface area contributed by atoms with Crippen molar-refractivity contribution in [2.45, 2.75) is 39.3 Å². The van der Waals surface area contributed by atoms with Crippen LogP contribution < -0.4 is 0 Å². The minimum atomic E-state index is -3.73. The number of carbonyl (C=O) groups excluding carboxylic acids is 2. The van der Waals surface area contributed by atoms with E-state index in [4.69, 9.17) is 0 Å². The number of rotatable bonds is 5. The van der Waals surface area contributed by atoms with Crippen molar-refractivity contribution in [1.82, 2.24) is 14.1 Å². The first-order valence-corrected chi connectivity index (χ1v) is 12.4. The maximum Gasteiger partial charge on any atom is 0.254 e. The summed E-state index contributed by atoms with van der Waals surface area (Å²) < 4.78 is 25.4. The van der Waals surface area contributed by atoms with E-state index in [1.807, 2.05) is 38.1 Å². The quantitative estimate of drug-likeness (QED) is 0.713. The molecule has 2 atom stereocenters. The summed E-state index contributed by atoms with van der Waals surface area (Å²) in [7, 11) is -3.73. The highest BCUT2D eigenvalue weighted by Gasteiger charge is 2.54. The number of hydrogen-bond acceptors (Lipinski definition) is 5. The molecule has 0 aromatic heterocycles. The van der Waals surface area contributed by atoms with Crippen molar-refractivity contribution in [2.75, 3.05) is 25.9 Å². The molecule has 1 aromatic carbocycles. The SMILES string of the molecule is CC(C)[C@H]1C(=O)N(S(C)(=O)=O)C2=CCN(C(=O)c3ccc(CN4CCCC4)cc3)[C@@H]21. The monoisotopic (exact) mass is 431 g/mol. The standard InChI is InChI=1S/C22H29N3O4S/c1-15(2)19-20-18(25(22(19)27)30(3,28)29)10-13-24(20)21(26)17-8-6-16(7-9-17)14-23-11-4-5-12-23/h6-10,15,19-20H,4-5,11-14H2,1-3H3/t19-,20+/m1/s1. The van der Waals surface area contributed by atoms with E-state index in [-0.39, 0.29) is 11.8 Å². The van der Waals surface area contributed by atoms with E-state index in [0.29, 0.717) is 17.8 Å². The Morgan fingerprint density at radius 2 is 1.77 bits per heavy atom. The van der Waals surface area contributed by atoms with Gasteiger partial charge in [-0.1, -0.05) is 26.0 Å². The number of nitrogens with zero attached hydrogens (tertiary/aromatic N) is 3. The second-order valence-corrected chi connectivity index (χ2v) is 10.7. The Kier molecular flexibility index (Phi) is 5.48. The van der Waals surface area contributed by atoms with Crippen LogP contribution in [0.5, 0.6) is 0 Å². The first-order chi connectivity index (χ1) is 14.2. The van der Waals surface area contributed by atoms with Crippen LogP contribution in [-0.4, -0.2) is 66.3 Å². The molecule has 162 valence electrons. The molecule has 0 saturated carbocycles. The van der Waals surface area contributed by atoms with Gasteiger partial charge in [0.2, 0.25) is 15.9 Å². The summed E-state index contributed by atoms with van der Waals surface area (Å²) in [6.07, 6.45) is 5.21. The topological polar surface area (TPSA) is 78.0 Å². The van der Waals surface area contributed by atoms with E-state index in [2.05, 4.69) is 4.90 Å². The average Bonchev–Trinajstić information content (AvgIpc) is 3.37. The third-order valence-electron chi connectivity index (χ3n) is 6.31. The molecule has 4 rings (SSSR count). The highest BCUT2D eigenvalue weighted by atomic mass is 32.2. The van der Waals surface area contributed by atoms with E-state index in [1.165, 1.54) is 18.4 Å². The van der Waals surface area contributed by atoms with E-state index < -0.39 is 27.9 Å². The fourth-order valence-corrected chi connectivity index (χ4v) is 5.91. The van der Waals surface area contributed by atoms with E-state index >= 15 is 0 Å². The van der Waals surface area contributed by atoms with Gasteiger partial charge in [-0.25, -0.2) is 12.7 Å². The van der Waals surface area contributed by atoms with Crippen molar-refractivity contribution in [3.8, 4) is 0 Å². The summed E-state index contributed by atoms with van der Waals surface area (Å²) in [6, 6.07) is 7.10. The first-order valence-electron chi connectivity index (χ1n) is 10.5. The molecule has 0 bridgehead atoms. The Morgan fingerprint density at radius 1 is 1.13 bits per heavy atom. The maximum absolute atomic E-state index is 13.3. The summed E-state index contributed by atoms with van der Waals surface area (Å²) in [6.45, 7) is 7.20. The Balaban J connectivity index is 1.56. The minimum absolute atomic E-state index is 0.0890. The predicted octanol–water partition coefficient (Wildman–Crippen LogP) is 2.06. The van der Waals surface area contributed by atoms with Crippen LogP contribution in [0.15, 0.2) is 36.0 Å². The third-order valence-corrected chi connectivity index (χ3v) is 7.37. The Morgan fingerprint density at radius 3 is 2.33 bits per heavy atom. The smallest absolute Gasteiger partial charge is 0.254 e. The lowest BCUT2D eigenvalue weighted by Crippen LogP contribution is -2.42. The molecule has 30 heavy (non-hydrogen) atoms. The Labute approximate surface area is 178 Å². The lowest BCUT2D eigenvalue weighted by Gasteiger charge is -2.29. The Bertz CT molecular complexity index is 978. The second kappa shape index (κ2) is 7.81. The third kappa shape index (κ3) is 3.67. The maximum atomic E-state index is 13.3. The van der Waals surface area contributed by atoms with Crippen molar-refractivity contribution >= 4 is 21.8 Å². The molecule has 3 aliphatic rings. The summed E-state index contributed by atoms with van der Waals surface area (Å²) >= 11 is 0. The highest BCUT2D eigenvalue weighted by molar-refractivity contribution is 7.89. The minimum Gasteiger partial charge on any atom is -0.325 e. The molecular formula is C22H29N3O4S. The zero-order chi connectivity index (χ0) is 21.6. The normalized spacial score (nSPS) is 24.7. The van der Waals surface area contributed by atoms with Gasteiger partial charge in [0.15, 0.2) is 0 Å². The molecule has 2 fully saturated rings. The van der Waals surface area contributed by atoms with Gasteiger partial charge in [-0.15, -0.1) is 0 Å². The van der Waals surface area contributed by atoms with Gasteiger partial charge in [-0.05, 0) is 55.6 Å². The van der Waals surface area contributed by atoms with Crippen molar-refractivity contribution in [3.63, 3.8) is 0 Å². The van der Waals surface area contributed by atoms with Gasteiger partial charge in [0.05, 0.1) is 23.9 Å². The molecule has 2 amide bonds. The highest BCUT2D eigenvalue weighted by Crippen LogP contribution is 2.41. The number of fused-ring (bicyclic) bond motifs is 1. The number of carbonyl (C=O) groups is 2. The number of hydrogen-bond donors (Lipinski definition) is 0. The fourth-order valence-electron chi connectivity index (χ4n) is 4.90. The lowest BCUT2D eigenvalue weighted by atomic mass is 9.89. The molecule has 7 nitrogen and oxygen atoms in total. The molecule has 2 saturated heterocycles. The summed E-state index contributed by atoms with van der Waals surface area (Å²) in [5.41, 5.74) is 2.15. The van der Waals surface area contributed by atoms with E-state index in [0.717, 1.165) is 30.2 Å². The van der Waals surface area contributed by atoms with Crippen LogP contribution in [0.25, 0.3) is 0 Å². The molecule has 0 aliphatic carbocycles. The van der Waals surface area contributed by atoms with Crippen LogP contribution in [0.1, 0.15) is 42.6 Å². The van der Waals surface area contributed by atoms with Crippen LogP contribution in [-0.2, 0) is 21.4 Å². The molecule has 8 heteroatoms. The number of likely N-dealkylation sites (tertiary alicyclic amines) is 1. The van der Waals surface area contributed by atoms with Crippen molar-refractivity contribution in [3.05, 3.63) is 47.2 Å². The van der Waals surface area contributed by atoms with E-state index in [9.17, 15) is 18.0 Å². The van der Waals surface area contributed by atoms with Gasteiger partial charge in [-0.3, -0.25) is 14.5 Å². The lowest BCUT2D eigenvalue weighted by molar-refractivity contribution is -0.128. The number of amides is 2. The van der Waals surface area contributed by atoms with Crippen molar-refractivity contribution in [2.24, 2.45) is 11.8 Å². The number of benzene rings is 1. The van der Waals surface area contributed by atoms with Crippen molar-refractivity contribution < 1.29 is 18.0 Å². The molecule has 1 aromatic rings. The summed E-state index contributed by atoms with van der Waals surface area (Å²) in [4.78, 5) is 30.2. The zero-order valence-electron chi connectivity index (χ0n) is 17.7. The molecule has 0 N–H and O–H groups in total. The average molecular weight is 432 g/mol. The van der Waals surface area contributed by atoms with Gasteiger partial charge in [0, 0.05) is 18.7 Å². The first kappa shape index (κ1) is 21.1. The molecule has 0 unspecified atom stereocenters. The molecule has 3 aliphatic heterocycles. The van der Waals surface area contributed by atoms with E-state index in [1.54, 1.807) is 11.0 Å². The van der Waals surface area contributed by atoms with Gasteiger partial charge in [0.25, 0.3) is 5.91 Å². The van der Waals surface area contributed by atoms with Crippen LogP contribution in [0, 0.1) is 11.8 Å². The van der Waals surface area contributed by atoms with Gasteiger partial charge in [-0.2, -0.15) is 0 Å². The second-order valence-electron chi connectivity index (χ2n) is 8.85. The molecule has 3 heterocycles. The van der Waals surface area contributed by atoms with Gasteiger partial charge < -0.3 is 4.90 Å². The predicted molar refractivity (Wildman–Crippen MR) is 114 cm³/mol. The largest absolute Gasteiger partial charge is 0.325 e. The fraction of sp³-hybridized carbons (Fsp3) is 0.545. The van der Waals surface area contributed by atoms with Gasteiger partial charge >= 0.3 is 0 Å². The summed E-state index contributed by atoms with van der Waals surface area (Å²) in [5, 5.41) is 0.